The van der Waals surface area contributed by atoms with Crippen molar-refractivity contribution in [2.24, 2.45) is 0 Å². The fourth-order valence-electron chi connectivity index (χ4n) is 2.04. The Kier molecular flexibility index (Phi) is 5.77. The maximum Gasteiger partial charge on any atom is 0.212 e. The summed E-state index contributed by atoms with van der Waals surface area (Å²) in [4.78, 5) is 2.19. The fraction of sp³-hybridized carbons (Fsp3) is 0.667. The highest BCUT2D eigenvalue weighted by Gasteiger charge is 2.14. The number of nitrogens with one attached hydrogen (secondary N) is 2. The quantitative estimate of drug-likeness (QED) is 0.751. The predicted molar refractivity (Wildman–Crippen MR) is 79.1 cm³/mol. The molecular weight excluding hydrogens is 282 g/mol. The molecule has 2 N–H and O–H groups in total. The third kappa shape index (κ3) is 5.58. The van der Waals surface area contributed by atoms with E-state index in [0.717, 1.165) is 32.6 Å². The highest BCUT2D eigenvalue weighted by atomic mass is 32.2. The second-order valence-corrected chi connectivity index (χ2v) is 7.39. The lowest BCUT2D eigenvalue weighted by Gasteiger charge is -2.26. The molecule has 2 rings (SSSR count). The number of thiophene rings is 1. The summed E-state index contributed by atoms with van der Waals surface area (Å²) >= 11 is 1.64. The van der Waals surface area contributed by atoms with Crippen LogP contribution in [-0.2, 0) is 16.4 Å². The molecule has 108 valence electrons. The minimum atomic E-state index is -3.14. The lowest BCUT2D eigenvalue weighted by atomic mass is 10.2. The van der Waals surface area contributed by atoms with Gasteiger partial charge in [0.15, 0.2) is 0 Å². The van der Waals surface area contributed by atoms with Crippen molar-refractivity contribution in [2.45, 2.75) is 6.42 Å². The van der Waals surface area contributed by atoms with E-state index >= 15 is 0 Å². The summed E-state index contributed by atoms with van der Waals surface area (Å²) in [6.45, 7) is 4.88. The number of hydrogen-bond donors (Lipinski definition) is 2. The van der Waals surface area contributed by atoms with Crippen LogP contribution in [0.1, 0.15) is 5.56 Å². The molecule has 0 bridgehead atoms. The lowest BCUT2D eigenvalue weighted by molar-refractivity contribution is 0.253. The Morgan fingerprint density at radius 2 is 2.16 bits per heavy atom. The second-order valence-electron chi connectivity index (χ2n) is 4.69. The first kappa shape index (κ1) is 14.9. The van der Waals surface area contributed by atoms with Crippen molar-refractivity contribution in [3.05, 3.63) is 22.4 Å². The van der Waals surface area contributed by atoms with Crippen LogP contribution in [0.2, 0.25) is 0 Å². The van der Waals surface area contributed by atoms with E-state index in [0.29, 0.717) is 13.1 Å². The van der Waals surface area contributed by atoms with E-state index in [1.165, 1.54) is 5.56 Å². The largest absolute Gasteiger partial charge is 0.314 e. The molecule has 0 radical (unpaired) electrons. The lowest BCUT2D eigenvalue weighted by Crippen LogP contribution is -2.46. The Balaban J connectivity index is 1.66. The molecular formula is C12H21N3O2S2. The first-order chi connectivity index (χ1) is 9.16. The Hall–Kier alpha value is -0.470. The zero-order valence-corrected chi connectivity index (χ0v) is 12.6. The van der Waals surface area contributed by atoms with Gasteiger partial charge in [-0.15, -0.1) is 0 Å². The van der Waals surface area contributed by atoms with Gasteiger partial charge >= 0.3 is 0 Å². The number of sulfonamides is 1. The predicted octanol–water partition coefficient (Wildman–Crippen LogP) is 0.115. The molecule has 0 amide bonds. The summed E-state index contributed by atoms with van der Waals surface area (Å²) in [6, 6.07) is 2.03. The molecule has 0 unspecified atom stereocenters. The SMILES string of the molecule is O=S(=O)(CCN1CCNCC1)NCCc1ccsc1. The molecule has 7 heteroatoms. The van der Waals surface area contributed by atoms with Gasteiger partial charge in [-0.2, -0.15) is 11.3 Å². The van der Waals surface area contributed by atoms with Crippen LogP contribution >= 0.6 is 11.3 Å². The van der Waals surface area contributed by atoms with Gasteiger partial charge in [0.1, 0.15) is 0 Å². The Morgan fingerprint density at radius 3 is 2.84 bits per heavy atom. The van der Waals surface area contributed by atoms with Gasteiger partial charge in [-0.1, -0.05) is 0 Å². The highest BCUT2D eigenvalue weighted by molar-refractivity contribution is 7.89. The van der Waals surface area contributed by atoms with E-state index in [9.17, 15) is 8.42 Å². The van der Waals surface area contributed by atoms with Gasteiger partial charge in [0.05, 0.1) is 5.75 Å². The molecule has 1 aliphatic heterocycles. The smallest absolute Gasteiger partial charge is 0.212 e. The van der Waals surface area contributed by atoms with Crippen LogP contribution < -0.4 is 10.0 Å². The summed E-state index contributed by atoms with van der Waals surface area (Å²) in [7, 11) is -3.14. The van der Waals surface area contributed by atoms with Crippen molar-refractivity contribution >= 4 is 21.4 Å². The zero-order chi connectivity index (χ0) is 13.6. The summed E-state index contributed by atoms with van der Waals surface area (Å²) in [5.74, 6) is 0.191. The third-order valence-corrected chi connectivity index (χ3v) is 5.30. The molecule has 0 atom stereocenters. The van der Waals surface area contributed by atoms with E-state index in [1.54, 1.807) is 11.3 Å². The van der Waals surface area contributed by atoms with E-state index in [-0.39, 0.29) is 5.75 Å². The van der Waals surface area contributed by atoms with E-state index in [1.807, 2.05) is 11.4 Å². The minimum Gasteiger partial charge on any atom is -0.314 e. The molecule has 0 spiro atoms. The number of piperazine rings is 1. The Labute approximate surface area is 119 Å². The molecule has 1 aromatic rings. The summed E-state index contributed by atoms with van der Waals surface area (Å²) in [6.07, 6.45) is 0.760. The molecule has 1 aromatic heterocycles. The molecule has 0 aromatic carbocycles. The Morgan fingerprint density at radius 1 is 1.37 bits per heavy atom. The van der Waals surface area contributed by atoms with E-state index in [4.69, 9.17) is 0 Å². The molecule has 19 heavy (non-hydrogen) atoms. The van der Waals surface area contributed by atoms with Gasteiger partial charge < -0.3 is 5.32 Å². The van der Waals surface area contributed by atoms with Crippen LogP contribution in [0.4, 0.5) is 0 Å². The van der Waals surface area contributed by atoms with Crippen LogP contribution in [-0.4, -0.2) is 58.3 Å². The van der Waals surface area contributed by atoms with E-state index < -0.39 is 10.0 Å². The fourth-order valence-corrected chi connectivity index (χ4v) is 3.80. The molecule has 0 aliphatic carbocycles. The molecule has 1 aliphatic rings. The number of rotatable bonds is 7. The van der Waals surface area contributed by atoms with Gasteiger partial charge in [0.25, 0.3) is 0 Å². The molecule has 2 heterocycles. The number of nitrogens with zero attached hydrogens (tertiary/aromatic N) is 1. The monoisotopic (exact) mass is 303 g/mol. The summed E-state index contributed by atoms with van der Waals surface area (Å²) in [5, 5.41) is 7.31. The number of hydrogen-bond acceptors (Lipinski definition) is 5. The minimum absolute atomic E-state index is 0.191. The average molecular weight is 303 g/mol. The van der Waals surface area contributed by atoms with Gasteiger partial charge in [-0.25, -0.2) is 13.1 Å². The standard InChI is InChI=1S/C12H21N3O2S2/c16-19(17,10-8-15-6-4-13-5-7-15)14-3-1-12-2-9-18-11-12/h2,9,11,13-14H,1,3-8,10H2. The van der Waals surface area contributed by atoms with Crippen molar-refractivity contribution in [2.75, 3.05) is 45.0 Å². The Bertz CT molecular complexity index is 453. The first-order valence-corrected chi connectivity index (χ1v) is 9.17. The van der Waals surface area contributed by atoms with Crippen molar-refractivity contribution in [1.29, 1.82) is 0 Å². The van der Waals surface area contributed by atoms with Crippen LogP contribution in [0, 0.1) is 0 Å². The normalized spacial score (nSPS) is 17.7. The zero-order valence-electron chi connectivity index (χ0n) is 11.0. The highest BCUT2D eigenvalue weighted by Crippen LogP contribution is 2.05. The second kappa shape index (κ2) is 7.35. The maximum absolute atomic E-state index is 11.9. The van der Waals surface area contributed by atoms with E-state index in [2.05, 4.69) is 20.3 Å². The summed E-state index contributed by atoms with van der Waals surface area (Å²) in [5.41, 5.74) is 1.19. The first-order valence-electron chi connectivity index (χ1n) is 6.57. The molecule has 5 nitrogen and oxygen atoms in total. The van der Waals surface area contributed by atoms with Gasteiger partial charge in [-0.05, 0) is 28.8 Å². The van der Waals surface area contributed by atoms with Crippen LogP contribution in [0.25, 0.3) is 0 Å². The topological polar surface area (TPSA) is 61.4 Å². The molecule has 1 saturated heterocycles. The van der Waals surface area contributed by atoms with Crippen LogP contribution in [0.5, 0.6) is 0 Å². The van der Waals surface area contributed by atoms with Crippen LogP contribution in [0.15, 0.2) is 16.8 Å². The van der Waals surface area contributed by atoms with Gasteiger partial charge in [0.2, 0.25) is 10.0 Å². The van der Waals surface area contributed by atoms with Crippen LogP contribution in [0.3, 0.4) is 0 Å². The van der Waals surface area contributed by atoms with Crippen molar-refractivity contribution in [3.63, 3.8) is 0 Å². The molecule has 1 fully saturated rings. The van der Waals surface area contributed by atoms with Crippen molar-refractivity contribution in [3.8, 4) is 0 Å². The van der Waals surface area contributed by atoms with Crippen molar-refractivity contribution in [1.82, 2.24) is 14.9 Å². The summed E-state index contributed by atoms with van der Waals surface area (Å²) < 4.78 is 26.4. The third-order valence-electron chi connectivity index (χ3n) is 3.20. The van der Waals surface area contributed by atoms with Gasteiger partial charge in [-0.3, -0.25) is 4.90 Å². The van der Waals surface area contributed by atoms with Gasteiger partial charge in [0, 0.05) is 39.3 Å². The average Bonchev–Trinajstić information content (AvgIpc) is 2.91. The molecule has 0 saturated carbocycles. The van der Waals surface area contributed by atoms with Crippen molar-refractivity contribution < 1.29 is 8.42 Å². The maximum atomic E-state index is 11.9.